The number of amides is 1. The molecule has 1 heterocycles. The molecule has 1 amide bonds. The molecule has 1 saturated heterocycles. The average Bonchev–Trinajstić information content (AvgIpc) is 2.90. The molecule has 1 aromatic rings. The maximum Gasteiger partial charge on any atom is 0.222 e. The van der Waals surface area contributed by atoms with Gasteiger partial charge in [0.15, 0.2) is 0 Å². The summed E-state index contributed by atoms with van der Waals surface area (Å²) in [6, 6.07) is 8.07. The predicted octanol–water partition coefficient (Wildman–Crippen LogP) is 1.72. The molecule has 0 aliphatic carbocycles. The van der Waals surface area contributed by atoms with Gasteiger partial charge in [0, 0.05) is 32.1 Å². The van der Waals surface area contributed by atoms with Crippen molar-refractivity contribution in [2.45, 2.75) is 38.8 Å². The average molecular weight is 306 g/mol. The Balaban J connectivity index is 1.80. The largest absolute Gasteiger partial charge is 0.494 e. The highest BCUT2D eigenvalue weighted by Crippen LogP contribution is 2.19. The summed E-state index contributed by atoms with van der Waals surface area (Å²) in [6.45, 7) is 6.31. The molecule has 5 nitrogen and oxygen atoms in total. The maximum atomic E-state index is 11.5. The van der Waals surface area contributed by atoms with Gasteiger partial charge in [0.1, 0.15) is 5.75 Å². The second-order valence-corrected chi connectivity index (χ2v) is 5.73. The van der Waals surface area contributed by atoms with Crippen LogP contribution >= 0.6 is 0 Å². The van der Waals surface area contributed by atoms with Gasteiger partial charge in [-0.1, -0.05) is 12.1 Å². The lowest BCUT2D eigenvalue weighted by molar-refractivity contribution is -0.128. The molecular weight excluding hydrogens is 280 g/mol. The van der Waals surface area contributed by atoms with Crippen molar-refractivity contribution in [2.75, 3.05) is 26.2 Å². The SMILES string of the molecule is CCOc1cccc(C(C)NCC(O)CN2CCCC2=O)c1. The van der Waals surface area contributed by atoms with Crippen molar-refractivity contribution < 1.29 is 14.6 Å². The van der Waals surface area contributed by atoms with Crippen LogP contribution in [0.5, 0.6) is 5.75 Å². The number of nitrogens with one attached hydrogen (secondary N) is 1. The number of carbonyl (C=O) groups is 1. The molecule has 22 heavy (non-hydrogen) atoms. The zero-order chi connectivity index (χ0) is 15.9. The first kappa shape index (κ1) is 16.8. The van der Waals surface area contributed by atoms with Crippen LogP contribution in [0.25, 0.3) is 0 Å². The van der Waals surface area contributed by atoms with Gasteiger partial charge in [-0.05, 0) is 38.0 Å². The zero-order valence-corrected chi connectivity index (χ0v) is 13.4. The summed E-state index contributed by atoms with van der Waals surface area (Å²) in [4.78, 5) is 13.3. The number of carbonyl (C=O) groups excluding carboxylic acids is 1. The third kappa shape index (κ3) is 4.71. The van der Waals surface area contributed by atoms with Crippen molar-refractivity contribution in [3.05, 3.63) is 29.8 Å². The van der Waals surface area contributed by atoms with Crippen molar-refractivity contribution in [3.63, 3.8) is 0 Å². The summed E-state index contributed by atoms with van der Waals surface area (Å²) in [5.41, 5.74) is 1.12. The molecule has 0 radical (unpaired) electrons. The monoisotopic (exact) mass is 306 g/mol. The Hall–Kier alpha value is -1.59. The second kappa shape index (κ2) is 8.15. The van der Waals surface area contributed by atoms with E-state index < -0.39 is 6.10 Å². The lowest BCUT2D eigenvalue weighted by Gasteiger charge is -2.22. The van der Waals surface area contributed by atoms with E-state index >= 15 is 0 Å². The van der Waals surface area contributed by atoms with Crippen molar-refractivity contribution in [2.24, 2.45) is 0 Å². The second-order valence-electron chi connectivity index (χ2n) is 5.73. The molecule has 2 rings (SSSR count). The number of rotatable bonds is 8. The minimum atomic E-state index is -0.542. The lowest BCUT2D eigenvalue weighted by Crippen LogP contribution is -2.39. The first-order valence-electron chi connectivity index (χ1n) is 8.02. The van der Waals surface area contributed by atoms with Crippen LogP contribution in [0.4, 0.5) is 0 Å². The Morgan fingerprint density at radius 2 is 2.27 bits per heavy atom. The number of benzene rings is 1. The summed E-state index contributed by atoms with van der Waals surface area (Å²) in [6.07, 6.45) is 0.972. The number of ether oxygens (including phenoxy) is 1. The minimum absolute atomic E-state index is 0.115. The molecule has 2 N–H and O–H groups in total. The minimum Gasteiger partial charge on any atom is -0.494 e. The Bertz CT molecular complexity index is 493. The van der Waals surface area contributed by atoms with E-state index in [1.54, 1.807) is 4.90 Å². The number of nitrogens with zero attached hydrogens (tertiary/aromatic N) is 1. The normalized spacial score (nSPS) is 17.6. The van der Waals surface area contributed by atoms with Crippen LogP contribution in [0.2, 0.25) is 0 Å². The summed E-state index contributed by atoms with van der Waals surface area (Å²) in [5.74, 6) is 1.01. The molecule has 1 fully saturated rings. The highest BCUT2D eigenvalue weighted by atomic mass is 16.5. The highest BCUT2D eigenvalue weighted by Gasteiger charge is 2.22. The molecule has 2 unspecified atom stereocenters. The van der Waals surface area contributed by atoms with E-state index in [2.05, 4.69) is 12.2 Å². The van der Waals surface area contributed by atoms with Gasteiger partial charge in [-0.3, -0.25) is 4.79 Å². The molecule has 122 valence electrons. The van der Waals surface area contributed by atoms with Gasteiger partial charge in [-0.15, -0.1) is 0 Å². The van der Waals surface area contributed by atoms with Gasteiger partial charge < -0.3 is 20.1 Å². The van der Waals surface area contributed by atoms with E-state index in [9.17, 15) is 9.90 Å². The predicted molar refractivity (Wildman–Crippen MR) is 85.8 cm³/mol. The van der Waals surface area contributed by atoms with Crippen molar-refractivity contribution >= 4 is 5.91 Å². The third-order valence-electron chi connectivity index (χ3n) is 3.93. The molecule has 0 spiro atoms. The van der Waals surface area contributed by atoms with E-state index in [0.29, 0.717) is 26.1 Å². The van der Waals surface area contributed by atoms with Crippen LogP contribution in [0.1, 0.15) is 38.3 Å². The summed E-state index contributed by atoms with van der Waals surface area (Å²) in [5, 5.41) is 13.4. The standard InChI is InChI=1S/C17H26N2O3/c1-3-22-16-7-4-6-14(10-16)13(2)18-11-15(20)12-19-9-5-8-17(19)21/h4,6-7,10,13,15,18,20H,3,5,8-9,11-12H2,1-2H3. The zero-order valence-electron chi connectivity index (χ0n) is 13.4. The topological polar surface area (TPSA) is 61.8 Å². The smallest absolute Gasteiger partial charge is 0.222 e. The summed E-state index contributed by atoms with van der Waals surface area (Å²) >= 11 is 0. The third-order valence-corrected chi connectivity index (χ3v) is 3.93. The van der Waals surface area contributed by atoms with E-state index in [-0.39, 0.29) is 11.9 Å². The molecule has 1 aliphatic heterocycles. The number of aliphatic hydroxyl groups excluding tert-OH is 1. The van der Waals surface area contributed by atoms with Gasteiger partial charge in [0.05, 0.1) is 12.7 Å². The van der Waals surface area contributed by atoms with Crippen molar-refractivity contribution in [3.8, 4) is 5.75 Å². The fourth-order valence-electron chi connectivity index (χ4n) is 2.69. The van der Waals surface area contributed by atoms with E-state index in [1.165, 1.54) is 0 Å². The van der Waals surface area contributed by atoms with Gasteiger partial charge in [0.2, 0.25) is 5.91 Å². The van der Waals surface area contributed by atoms with Crippen molar-refractivity contribution in [1.82, 2.24) is 10.2 Å². The van der Waals surface area contributed by atoms with Crippen LogP contribution in [0.3, 0.4) is 0 Å². The Labute approximate surface area is 132 Å². The number of likely N-dealkylation sites (tertiary alicyclic amines) is 1. The molecule has 0 saturated carbocycles. The molecule has 0 bridgehead atoms. The Morgan fingerprint density at radius 3 is 2.95 bits per heavy atom. The van der Waals surface area contributed by atoms with Crippen LogP contribution in [-0.4, -0.2) is 48.3 Å². The lowest BCUT2D eigenvalue weighted by atomic mass is 10.1. The Morgan fingerprint density at radius 1 is 1.45 bits per heavy atom. The molecular formula is C17H26N2O3. The quantitative estimate of drug-likeness (QED) is 0.768. The van der Waals surface area contributed by atoms with Crippen LogP contribution < -0.4 is 10.1 Å². The van der Waals surface area contributed by atoms with E-state index in [1.807, 2.05) is 31.2 Å². The molecule has 2 atom stereocenters. The van der Waals surface area contributed by atoms with Crippen LogP contribution in [0, 0.1) is 0 Å². The van der Waals surface area contributed by atoms with Gasteiger partial charge in [-0.25, -0.2) is 0 Å². The number of hydrogen-bond acceptors (Lipinski definition) is 4. The van der Waals surface area contributed by atoms with Crippen molar-refractivity contribution in [1.29, 1.82) is 0 Å². The number of aliphatic hydroxyl groups is 1. The Kier molecular flexibility index (Phi) is 6.21. The summed E-state index contributed by atoms with van der Waals surface area (Å²) in [7, 11) is 0. The first-order valence-corrected chi connectivity index (χ1v) is 8.02. The first-order chi connectivity index (χ1) is 10.6. The number of hydrogen-bond donors (Lipinski definition) is 2. The summed E-state index contributed by atoms with van der Waals surface area (Å²) < 4.78 is 5.50. The molecule has 0 aromatic heterocycles. The molecule has 1 aromatic carbocycles. The molecule has 1 aliphatic rings. The van der Waals surface area contributed by atoms with E-state index in [4.69, 9.17) is 4.74 Å². The highest BCUT2D eigenvalue weighted by molar-refractivity contribution is 5.78. The maximum absolute atomic E-state index is 11.5. The number of β-amino-alcohol motifs (C(OH)–C–C–N with tert-alkyl or cyclic N) is 1. The van der Waals surface area contributed by atoms with Gasteiger partial charge in [0.25, 0.3) is 0 Å². The van der Waals surface area contributed by atoms with Gasteiger partial charge >= 0.3 is 0 Å². The molecule has 5 heteroatoms. The fraction of sp³-hybridized carbons (Fsp3) is 0.588. The van der Waals surface area contributed by atoms with Crippen LogP contribution in [0.15, 0.2) is 24.3 Å². The van der Waals surface area contributed by atoms with Gasteiger partial charge in [-0.2, -0.15) is 0 Å². The van der Waals surface area contributed by atoms with E-state index in [0.717, 1.165) is 24.3 Å². The van der Waals surface area contributed by atoms with Crippen LogP contribution in [-0.2, 0) is 4.79 Å². The fourth-order valence-corrected chi connectivity index (χ4v) is 2.69.